The van der Waals surface area contributed by atoms with Gasteiger partial charge in [-0.2, -0.15) is 13.2 Å². The number of halogens is 3. The van der Waals surface area contributed by atoms with Crippen LogP contribution in [0.25, 0.3) is 5.65 Å². The van der Waals surface area contributed by atoms with Crippen molar-refractivity contribution < 1.29 is 27.4 Å². The number of nitrogens with zero attached hydrogens (tertiary/aromatic N) is 4. The monoisotopic (exact) mass is 448 g/mol. The molecule has 10 heteroatoms. The first-order valence-electron chi connectivity index (χ1n) is 10.3. The molecular weight excluding hydrogens is 425 g/mol. The van der Waals surface area contributed by atoms with Crippen LogP contribution in [0.15, 0.2) is 42.6 Å². The van der Waals surface area contributed by atoms with Crippen molar-refractivity contribution in [2.24, 2.45) is 0 Å². The second kappa shape index (κ2) is 9.15. The van der Waals surface area contributed by atoms with E-state index in [0.717, 1.165) is 12.3 Å². The molecule has 0 aliphatic carbocycles. The molecule has 0 saturated carbocycles. The lowest BCUT2D eigenvalue weighted by molar-refractivity contribution is -0.137. The van der Waals surface area contributed by atoms with Gasteiger partial charge >= 0.3 is 6.18 Å². The molecule has 0 N–H and O–H groups in total. The normalized spacial score (nSPS) is 17.0. The number of aromatic nitrogens is 3. The summed E-state index contributed by atoms with van der Waals surface area (Å²) < 4.78 is 51.4. The molecule has 0 bridgehead atoms. The maximum absolute atomic E-state index is 13.2. The fourth-order valence-corrected chi connectivity index (χ4v) is 3.87. The number of ether oxygens (including phenoxy) is 2. The van der Waals surface area contributed by atoms with Crippen molar-refractivity contribution in [2.75, 3.05) is 33.4 Å². The standard InChI is InChI=1S/C22H23F3N4O3/c1-31-10-11-32-18-6-2-4-15(12-18)21(30)28-9-3-5-16(13-28)20-27-26-19-8-7-17(14-29(19)20)22(23,24)25/h2,4,6-8,12,14,16H,3,5,9-11,13H2,1H3. The number of methoxy groups -OCH3 is 1. The molecule has 32 heavy (non-hydrogen) atoms. The number of hydrogen-bond acceptors (Lipinski definition) is 5. The second-order valence-corrected chi connectivity index (χ2v) is 7.66. The predicted molar refractivity (Wildman–Crippen MR) is 110 cm³/mol. The minimum absolute atomic E-state index is 0.156. The number of benzene rings is 1. The van der Waals surface area contributed by atoms with E-state index < -0.39 is 11.7 Å². The summed E-state index contributed by atoms with van der Waals surface area (Å²) in [5.41, 5.74) is 0.0727. The van der Waals surface area contributed by atoms with E-state index in [2.05, 4.69) is 10.2 Å². The number of fused-ring (bicyclic) bond motifs is 1. The molecule has 7 nitrogen and oxygen atoms in total. The van der Waals surface area contributed by atoms with Crippen molar-refractivity contribution >= 4 is 11.6 Å². The molecule has 1 aliphatic heterocycles. The van der Waals surface area contributed by atoms with Crippen molar-refractivity contribution in [2.45, 2.75) is 24.9 Å². The van der Waals surface area contributed by atoms with Gasteiger partial charge in [0.05, 0.1) is 12.2 Å². The van der Waals surface area contributed by atoms with Crippen molar-refractivity contribution in [1.82, 2.24) is 19.5 Å². The van der Waals surface area contributed by atoms with E-state index in [1.807, 2.05) is 0 Å². The number of carbonyl (C=O) groups excluding carboxylic acids is 1. The Balaban J connectivity index is 1.53. The van der Waals surface area contributed by atoms with E-state index in [-0.39, 0.29) is 11.8 Å². The summed E-state index contributed by atoms with van der Waals surface area (Å²) in [5, 5.41) is 8.15. The SMILES string of the molecule is COCCOc1cccc(C(=O)N2CCCC(c3nnc4ccc(C(F)(F)F)cn34)C2)c1. The Labute approximate surface area is 182 Å². The van der Waals surface area contributed by atoms with Crippen LogP contribution in [-0.4, -0.2) is 58.8 Å². The van der Waals surface area contributed by atoms with Gasteiger partial charge in [0.2, 0.25) is 0 Å². The molecule has 1 fully saturated rings. The summed E-state index contributed by atoms with van der Waals surface area (Å²) in [4.78, 5) is 14.8. The van der Waals surface area contributed by atoms with Crippen LogP contribution >= 0.6 is 0 Å². The number of rotatable bonds is 6. The number of carbonyl (C=O) groups is 1. The predicted octanol–water partition coefficient (Wildman–Crippen LogP) is 3.79. The Morgan fingerprint density at radius 1 is 1.19 bits per heavy atom. The van der Waals surface area contributed by atoms with E-state index >= 15 is 0 Å². The lowest BCUT2D eigenvalue weighted by Crippen LogP contribution is -2.39. The lowest BCUT2D eigenvalue weighted by atomic mass is 9.96. The van der Waals surface area contributed by atoms with Gasteiger partial charge < -0.3 is 14.4 Å². The van der Waals surface area contributed by atoms with Crippen molar-refractivity contribution in [3.63, 3.8) is 0 Å². The molecule has 2 aromatic heterocycles. The zero-order valence-corrected chi connectivity index (χ0v) is 17.5. The van der Waals surface area contributed by atoms with E-state index in [4.69, 9.17) is 9.47 Å². The minimum Gasteiger partial charge on any atom is -0.491 e. The van der Waals surface area contributed by atoms with Crippen LogP contribution < -0.4 is 4.74 Å². The maximum atomic E-state index is 13.2. The Morgan fingerprint density at radius 2 is 2.03 bits per heavy atom. The molecule has 1 unspecified atom stereocenters. The van der Waals surface area contributed by atoms with E-state index in [1.165, 1.54) is 10.5 Å². The first kappa shape index (κ1) is 22.1. The summed E-state index contributed by atoms with van der Waals surface area (Å²) in [7, 11) is 1.58. The largest absolute Gasteiger partial charge is 0.491 e. The molecule has 1 atom stereocenters. The second-order valence-electron chi connectivity index (χ2n) is 7.66. The van der Waals surface area contributed by atoms with Gasteiger partial charge in [0.1, 0.15) is 18.2 Å². The quantitative estimate of drug-likeness (QED) is 0.537. The number of hydrogen-bond donors (Lipinski definition) is 0. The van der Waals surface area contributed by atoms with Crippen LogP contribution in [0.3, 0.4) is 0 Å². The van der Waals surface area contributed by atoms with Crippen LogP contribution in [0, 0.1) is 0 Å². The third-order valence-electron chi connectivity index (χ3n) is 5.47. The van der Waals surface area contributed by atoms with Gasteiger partial charge in [-0.25, -0.2) is 0 Å². The average Bonchev–Trinajstić information content (AvgIpc) is 3.22. The fraction of sp³-hybridized carbons (Fsp3) is 0.409. The summed E-state index contributed by atoms with van der Waals surface area (Å²) in [6.07, 6.45) is -2.01. The average molecular weight is 448 g/mol. The molecule has 3 aromatic rings. The topological polar surface area (TPSA) is 69.0 Å². The van der Waals surface area contributed by atoms with Crippen LogP contribution in [0.2, 0.25) is 0 Å². The lowest BCUT2D eigenvalue weighted by Gasteiger charge is -2.32. The molecule has 1 saturated heterocycles. The highest BCUT2D eigenvalue weighted by Gasteiger charge is 2.33. The van der Waals surface area contributed by atoms with Gasteiger partial charge in [0, 0.05) is 37.9 Å². The maximum Gasteiger partial charge on any atom is 0.417 e. The molecule has 1 aliphatic rings. The Kier molecular flexibility index (Phi) is 6.31. The minimum atomic E-state index is -4.46. The molecule has 170 valence electrons. The highest BCUT2D eigenvalue weighted by atomic mass is 19.4. The molecule has 0 spiro atoms. The molecule has 1 aromatic carbocycles. The van der Waals surface area contributed by atoms with Crippen LogP contribution in [-0.2, 0) is 10.9 Å². The summed E-state index contributed by atoms with van der Waals surface area (Å²) in [6.45, 7) is 1.73. The smallest absolute Gasteiger partial charge is 0.417 e. The van der Waals surface area contributed by atoms with Crippen LogP contribution in [0.5, 0.6) is 5.75 Å². The van der Waals surface area contributed by atoms with E-state index in [0.29, 0.717) is 61.9 Å². The Morgan fingerprint density at radius 3 is 2.81 bits per heavy atom. The van der Waals surface area contributed by atoms with Gasteiger partial charge in [-0.3, -0.25) is 9.20 Å². The summed E-state index contributed by atoms with van der Waals surface area (Å²) in [6, 6.07) is 9.22. The zero-order chi connectivity index (χ0) is 22.7. The molecule has 3 heterocycles. The van der Waals surface area contributed by atoms with Gasteiger partial charge in [-0.15, -0.1) is 10.2 Å². The van der Waals surface area contributed by atoms with E-state index in [9.17, 15) is 18.0 Å². The first-order valence-corrected chi connectivity index (χ1v) is 10.3. The van der Waals surface area contributed by atoms with Gasteiger partial charge in [-0.1, -0.05) is 6.07 Å². The van der Waals surface area contributed by atoms with Crippen LogP contribution in [0.1, 0.15) is 40.5 Å². The zero-order valence-electron chi connectivity index (χ0n) is 17.5. The number of pyridine rings is 1. The van der Waals surface area contributed by atoms with Gasteiger partial charge in [-0.05, 0) is 43.2 Å². The fourth-order valence-electron chi connectivity index (χ4n) is 3.87. The van der Waals surface area contributed by atoms with Gasteiger partial charge in [0.25, 0.3) is 5.91 Å². The third-order valence-corrected chi connectivity index (χ3v) is 5.47. The highest BCUT2D eigenvalue weighted by molar-refractivity contribution is 5.94. The van der Waals surface area contributed by atoms with Crippen molar-refractivity contribution in [3.8, 4) is 5.75 Å². The molecule has 4 rings (SSSR count). The van der Waals surface area contributed by atoms with Crippen molar-refractivity contribution in [1.29, 1.82) is 0 Å². The number of piperidine rings is 1. The summed E-state index contributed by atoms with van der Waals surface area (Å²) >= 11 is 0. The highest BCUT2D eigenvalue weighted by Crippen LogP contribution is 2.31. The first-order chi connectivity index (χ1) is 15.4. The third kappa shape index (κ3) is 4.69. The molecule has 0 radical (unpaired) electrons. The summed E-state index contributed by atoms with van der Waals surface area (Å²) in [5.74, 6) is 0.633. The van der Waals surface area contributed by atoms with E-state index in [1.54, 1.807) is 36.3 Å². The number of likely N-dealkylation sites (tertiary alicyclic amines) is 1. The van der Waals surface area contributed by atoms with Gasteiger partial charge in [0.15, 0.2) is 5.65 Å². The number of alkyl halides is 3. The molecule has 1 amide bonds. The number of amides is 1. The Hall–Kier alpha value is -3.14. The van der Waals surface area contributed by atoms with Crippen LogP contribution in [0.4, 0.5) is 13.2 Å². The molecular formula is C22H23F3N4O3. The van der Waals surface area contributed by atoms with Crippen molar-refractivity contribution in [3.05, 3.63) is 59.5 Å². The Bertz CT molecular complexity index is 1100.